The van der Waals surface area contributed by atoms with Crippen LogP contribution in [0.25, 0.3) is 5.65 Å². The molecule has 0 bridgehead atoms. The molecule has 0 atom stereocenters. The smallest absolute Gasteiger partial charge is 0.249 e. The summed E-state index contributed by atoms with van der Waals surface area (Å²) in [5, 5.41) is 16.5. The molecule has 0 aromatic carbocycles. The van der Waals surface area contributed by atoms with Crippen LogP contribution in [0.4, 0.5) is 11.8 Å². The summed E-state index contributed by atoms with van der Waals surface area (Å²) in [7, 11) is 0. The van der Waals surface area contributed by atoms with Crippen molar-refractivity contribution in [2.75, 3.05) is 29.9 Å². The monoisotopic (exact) mass is 315 g/mol. The van der Waals surface area contributed by atoms with E-state index in [2.05, 4.69) is 20.3 Å². The number of carbonyl (C=O) groups is 1. The van der Waals surface area contributed by atoms with Gasteiger partial charge >= 0.3 is 0 Å². The molecule has 2 aromatic rings. The number of anilines is 2. The van der Waals surface area contributed by atoms with Gasteiger partial charge in [0.2, 0.25) is 11.9 Å². The third kappa shape index (κ3) is 2.88. The lowest BCUT2D eigenvalue weighted by Crippen LogP contribution is -2.35. The van der Waals surface area contributed by atoms with Gasteiger partial charge in [-0.1, -0.05) is 6.07 Å². The average Bonchev–Trinajstić information content (AvgIpc) is 3.35. The Balaban J connectivity index is 1.57. The minimum atomic E-state index is 0.0196. The van der Waals surface area contributed by atoms with Gasteiger partial charge in [0.05, 0.1) is 0 Å². The fraction of sp³-hybridized carbons (Fsp3) is 0.562. The van der Waals surface area contributed by atoms with Crippen LogP contribution in [0.15, 0.2) is 18.2 Å². The Labute approximate surface area is 134 Å². The summed E-state index contributed by atoms with van der Waals surface area (Å²) >= 11 is 0. The van der Waals surface area contributed by atoms with Crippen molar-refractivity contribution < 1.29 is 9.90 Å². The molecule has 0 radical (unpaired) electrons. The van der Waals surface area contributed by atoms with E-state index in [1.807, 2.05) is 18.2 Å². The molecule has 4 rings (SSSR count). The molecule has 2 N–H and O–H groups in total. The van der Waals surface area contributed by atoms with Gasteiger partial charge in [0, 0.05) is 25.6 Å². The molecule has 2 aliphatic rings. The number of pyridine rings is 1. The maximum atomic E-state index is 11.9. The molecular formula is C16H21N5O2. The highest BCUT2D eigenvalue weighted by Gasteiger charge is 2.30. The SMILES string of the molecule is O=C(Nc1nc2cccc(N3CCC(CO)CC3)n2n1)C1CC1. The molecule has 23 heavy (non-hydrogen) atoms. The Morgan fingerprint density at radius 2 is 2.04 bits per heavy atom. The largest absolute Gasteiger partial charge is 0.396 e. The van der Waals surface area contributed by atoms with Crippen molar-refractivity contribution in [1.82, 2.24) is 14.6 Å². The van der Waals surface area contributed by atoms with Crippen LogP contribution in [-0.2, 0) is 4.79 Å². The van der Waals surface area contributed by atoms with Crippen LogP contribution < -0.4 is 10.2 Å². The summed E-state index contributed by atoms with van der Waals surface area (Å²) in [6, 6.07) is 5.88. The Hall–Kier alpha value is -2.15. The molecule has 0 spiro atoms. The average molecular weight is 315 g/mol. The van der Waals surface area contributed by atoms with Crippen molar-refractivity contribution in [3.8, 4) is 0 Å². The van der Waals surface area contributed by atoms with E-state index in [1.54, 1.807) is 4.52 Å². The highest BCUT2D eigenvalue weighted by Crippen LogP contribution is 2.30. The van der Waals surface area contributed by atoms with Crippen LogP contribution in [-0.4, -0.2) is 45.3 Å². The zero-order valence-corrected chi connectivity index (χ0v) is 13.0. The van der Waals surface area contributed by atoms with Gasteiger partial charge in [0.1, 0.15) is 5.82 Å². The fourth-order valence-corrected chi connectivity index (χ4v) is 3.09. The van der Waals surface area contributed by atoms with Gasteiger partial charge in [-0.2, -0.15) is 9.50 Å². The van der Waals surface area contributed by atoms with Crippen LogP contribution >= 0.6 is 0 Å². The van der Waals surface area contributed by atoms with E-state index in [9.17, 15) is 9.90 Å². The summed E-state index contributed by atoms with van der Waals surface area (Å²) in [5.74, 6) is 1.91. The predicted molar refractivity (Wildman–Crippen MR) is 86.4 cm³/mol. The summed E-state index contributed by atoms with van der Waals surface area (Å²) in [5.41, 5.74) is 0.734. The zero-order chi connectivity index (χ0) is 15.8. The van der Waals surface area contributed by atoms with Crippen molar-refractivity contribution in [3.63, 3.8) is 0 Å². The summed E-state index contributed by atoms with van der Waals surface area (Å²) in [6.07, 6.45) is 3.88. The van der Waals surface area contributed by atoms with E-state index in [-0.39, 0.29) is 18.4 Å². The predicted octanol–water partition coefficient (Wildman–Crippen LogP) is 1.29. The van der Waals surface area contributed by atoms with Gasteiger partial charge in [0.15, 0.2) is 5.65 Å². The molecule has 3 heterocycles. The van der Waals surface area contributed by atoms with Gasteiger partial charge in [-0.05, 0) is 43.7 Å². The molecule has 0 unspecified atom stereocenters. The molecule has 1 saturated heterocycles. The zero-order valence-electron chi connectivity index (χ0n) is 13.0. The number of amides is 1. The molecule has 1 aliphatic heterocycles. The first-order chi connectivity index (χ1) is 11.2. The van der Waals surface area contributed by atoms with Crippen molar-refractivity contribution in [2.24, 2.45) is 11.8 Å². The number of carbonyl (C=O) groups excluding carboxylic acids is 1. The second-order valence-electron chi connectivity index (χ2n) is 6.47. The first kappa shape index (κ1) is 14.4. The molecule has 7 nitrogen and oxygen atoms in total. The van der Waals surface area contributed by atoms with E-state index in [1.165, 1.54) is 0 Å². The Kier molecular flexibility index (Phi) is 3.65. The normalized spacial score (nSPS) is 19.3. The minimum absolute atomic E-state index is 0.0196. The van der Waals surface area contributed by atoms with E-state index in [0.29, 0.717) is 11.9 Å². The molecule has 2 fully saturated rings. The highest BCUT2D eigenvalue weighted by atomic mass is 16.3. The number of nitrogens with one attached hydrogen (secondary N) is 1. The third-order valence-corrected chi connectivity index (χ3v) is 4.72. The number of fused-ring (bicyclic) bond motifs is 1. The number of piperidine rings is 1. The number of nitrogens with zero attached hydrogens (tertiary/aromatic N) is 4. The van der Waals surface area contributed by atoms with E-state index < -0.39 is 0 Å². The lowest BCUT2D eigenvalue weighted by atomic mass is 9.98. The lowest BCUT2D eigenvalue weighted by molar-refractivity contribution is -0.117. The van der Waals surface area contributed by atoms with Gasteiger partial charge in [0.25, 0.3) is 0 Å². The number of aromatic nitrogens is 3. The van der Waals surface area contributed by atoms with Crippen LogP contribution in [0.5, 0.6) is 0 Å². The van der Waals surface area contributed by atoms with Gasteiger partial charge < -0.3 is 10.0 Å². The van der Waals surface area contributed by atoms with Gasteiger partial charge in [-0.3, -0.25) is 10.1 Å². The van der Waals surface area contributed by atoms with Crippen molar-refractivity contribution in [2.45, 2.75) is 25.7 Å². The van der Waals surface area contributed by atoms with Crippen molar-refractivity contribution >= 4 is 23.3 Å². The number of aliphatic hydroxyl groups is 1. The second-order valence-corrected chi connectivity index (χ2v) is 6.47. The Bertz CT molecular complexity index is 716. The van der Waals surface area contributed by atoms with Crippen LogP contribution in [0.2, 0.25) is 0 Å². The van der Waals surface area contributed by atoms with Crippen molar-refractivity contribution in [3.05, 3.63) is 18.2 Å². The molecule has 122 valence electrons. The lowest BCUT2D eigenvalue weighted by Gasteiger charge is -2.32. The topological polar surface area (TPSA) is 82.8 Å². The summed E-state index contributed by atoms with van der Waals surface area (Å²) < 4.78 is 1.79. The fourth-order valence-electron chi connectivity index (χ4n) is 3.09. The third-order valence-electron chi connectivity index (χ3n) is 4.72. The molecule has 1 amide bonds. The minimum Gasteiger partial charge on any atom is -0.396 e. The highest BCUT2D eigenvalue weighted by molar-refractivity contribution is 5.92. The molecular weight excluding hydrogens is 294 g/mol. The Morgan fingerprint density at radius 1 is 1.26 bits per heavy atom. The van der Waals surface area contributed by atoms with E-state index in [4.69, 9.17) is 0 Å². The first-order valence-electron chi connectivity index (χ1n) is 8.27. The van der Waals surface area contributed by atoms with Crippen LogP contribution in [0, 0.1) is 11.8 Å². The van der Waals surface area contributed by atoms with E-state index >= 15 is 0 Å². The standard InChI is InChI=1S/C16H21N5O2/c22-10-11-6-8-20(9-7-11)14-3-1-2-13-17-16(19-21(13)14)18-15(23)12-4-5-12/h1-3,11-12,22H,4-10H2,(H,18,19,23). The number of rotatable bonds is 4. The molecule has 1 aliphatic carbocycles. The van der Waals surface area contributed by atoms with Crippen molar-refractivity contribution in [1.29, 1.82) is 0 Å². The summed E-state index contributed by atoms with van der Waals surface area (Å²) in [6.45, 7) is 2.06. The Morgan fingerprint density at radius 3 is 2.74 bits per heavy atom. The number of aliphatic hydroxyl groups excluding tert-OH is 1. The summed E-state index contributed by atoms with van der Waals surface area (Å²) in [4.78, 5) is 18.5. The van der Waals surface area contributed by atoms with Gasteiger partial charge in [-0.25, -0.2) is 0 Å². The maximum absolute atomic E-state index is 11.9. The second kappa shape index (κ2) is 5.81. The number of hydrogen-bond donors (Lipinski definition) is 2. The first-order valence-corrected chi connectivity index (χ1v) is 8.27. The van der Waals surface area contributed by atoms with E-state index in [0.717, 1.165) is 50.2 Å². The van der Waals surface area contributed by atoms with Crippen LogP contribution in [0.1, 0.15) is 25.7 Å². The van der Waals surface area contributed by atoms with Gasteiger partial charge in [-0.15, -0.1) is 5.10 Å². The molecule has 2 aromatic heterocycles. The molecule has 1 saturated carbocycles. The quantitative estimate of drug-likeness (QED) is 0.888. The number of hydrogen-bond acceptors (Lipinski definition) is 5. The maximum Gasteiger partial charge on any atom is 0.249 e. The van der Waals surface area contributed by atoms with Crippen LogP contribution in [0.3, 0.4) is 0 Å². The molecule has 7 heteroatoms.